The maximum atomic E-state index is 9.33. The van der Waals surface area contributed by atoms with E-state index in [9.17, 15) is 5.11 Å². The molecule has 0 saturated heterocycles. The second kappa shape index (κ2) is 4.57. The number of guanidine groups is 1. The van der Waals surface area contributed by atoms with Gasteiger partial charge in [-0.1, -0.05) is 24.3 Å². The van der Waals surface area contributed by atoms with Gasteiger partial charge in [-0.05, 0) is 35.4 Å². The molecule has 1 aromatic rings. The number of nitrogens with zero attached hydrogens (tertiary/aromatic N) is 2. The number of nitrogens with two attached hydrogens (primary N) is 1. The van der Waals surface area contributed by atoms with Gasteiger partial charge >= 0.3 is 0 Å². The van der Waals surface area contributed by atoms with Crippen molar-refractivity contribution in [2.24, 2.45) is 15.7 Å². The summed E-state index contributed by atoms with van der Waals surface area (Å²) in [4.78, 5) is 8.36. The van der Waals surface area contributed by atoms with Gasteiger partial charge in [-0.25, -0.2) is 9.98 Å². The monoisotopic (exact) mass is 251 g/mol. The van der Waals surface area contributed by atoms with Gasteiger partial charge in [0, 0.05) is 5.57 Å². The Hall–Kier alpha value is -2.62. The third-order valence-electron chi connectivity index (χ3n) is 3.04. The van der Waals surface area contributed by atoms with Gasteiger partial charge in [-0.15, -0.1) is 0 Å². The zero-order chi connectivity index (χ0) is 13.2. The van der Waals surface area contributed by atoms with E-state index in [4.69, 9.17) is 5.73 Å². The van der Waals surface area contributed by atoms with Crippen LogP contribution in [0.25, 0.3) is 5.57 Å². The molecule has 2 aliphatic rings. The molecule has 0 unspecified atom stereocenters. The Morgan fingerprint density at radius 3 is 2.74 bits per heavy atom. The van der Waals surface area contributed by atoms with Gasteiger partial charge in [0.05, 0.1) is 12.3 Å². The lowest BCUT2D eigenvalue weighted by molar-refractivity contribution is 0.475. The highest BCUT2D eigenvalue weighted by atomic mass is 16.3. The van der Waals surface area contributed by atoms with Crippen LogP contribution in [0.3, 0.4) is 0 Å². The molecule has 0 aromatic heterocycles. The fourth-order valence-corrected chi connectivity index (χ4v) is 2.05. The van der Waals surface area contributed by atoms with Crippen molar-refractivity contribution in [3.05, 3.63) is 59.7 Å². The van der Waals surface area contributed by atoms with Crippen LogP contribution in [-0.4, -0.2) is 23.3 Å². The van der Waals surface area contributed by atoms with E-state index in [0.717, 1.165) is 22.4 Å². The number of aromatic hydroxyl groups is 1. The van der Waals surface area contributed by atoms with E-state index >= 15 is 0 Å². The molecule has 3 N–H and O–H groups in total. The topological polar surface area (TPSA) is 71.0 Å². The molecule has 1 aromatic carbocycles. The maximum absolute atomic E-state index is 9.33. The molecule has 1 aliphatic carbocycles. The highest BCUT2D eigenvalue weighted by molar-refractivity contribution is 6.16. The van der Waals surface area contributed by atoms with Crippen LogP contribution in [0.4, 0.5) is 0 Å². The quantitative estimate of drug-likeness (QED) is 0.801. The molecule has 94 valence electrons. The van der Waals surface area contributed by atoms with Crippen molar-refractivity contribution in [3.63, 3.8) is 0 Å². The molecule has 1 aliphatic heterocycles. The third-order valence-corrected chi connectivity index (χ3v) is 3.04. The van der Waals surface area contributed by atoms with Crippen LogP contribution in [0.1, 0.15) is 5.56 Å². The van der Waals surface area contributed by atoms with Crippen LogP contribution in [0.2, 0.25) is 0 Å². The average Bonchev–Trinajstić information content (AvgIpc) is 2.61. The molecule has 0 spiro atoms. The van der Waals surface area contributed by atoms with Gasteiger partial charge < -0.3 is 10.8 Å². The molecular weight excluding hydrogens is 238 g/mol. The summed E-state index contributed by atoms with van der Waals surface area (Å²) in [5, 5.41) is 9.33. The molecule has 0 amide bonds. The van der Waals surface area contributed by atoms with E-state index in [1.165, 1.54) is 0 Å². The van der Waals surface area contributed by atoms with E-state index in [2.05, 4.69) is 16.1 Å². The first-order valence-electron chi connectivity index (χ1n) is 6.00. The number of allylic oxidation sites excluding steroid dienone is 5. The molecule has 0 fully saturated rings. The Labute approximate surface area is 111 Å². The summed E-state index contributed by atoms with van der Waals surface area (Å²) in [6.07, 6.45) is 7.95. The first-order chi connectivity index (χ1) is 9.22. The van der Waals surface area contributed by atoms with Gasteiger partial charge in [0.25, 0.3) is 0 Å². The van der Waals surface area contributed by atoms with Crippen LogP contribution < -0.4 is 5.73 Å². The van der Waals surface area contributed by atoms with Crippen molar-refractivity contribution in [3.8, 4) is 5.75 Å². The predicted octanol–water partition coefficient (Wildman–Crippen LogP) is 2.04. The second-order valence-electron chi connectivity index (χ2n) is 4.37. The number of hydrogen-bond acceptors (Lipinski definition) is 4. The standard InChI is InChI=1S/C15H13N3O/c16-15-17-9-12-8-11(2-1-3-14(12)18-15)10-4-6-13(19)7-5-10/h1-8,19H,9H2,(H2,16,17). The van der Waals surface area contributed by atoms with Crippen LogP contribution in [0, 0.1) is 0 Å². The molecule has 4 heteroatoms. The van der Waals surface area contributed by atoms with Crippen molar-refractivity contribution < 1.29 is 5.11 Å². The largest absolute Gasteiger partial charge is 0.508 e. The Kier molecular flexibility index (Phi) is 2.76. The second-order valence-corrected chi connectivity index (χ2v) is 4.37. The molecule has 0 bridgehead atoms. The van der Waals surface area contributed by atoms with Gasteiger partial charge in [0.1, 0.15) is 5.75 Å². The average molecular weight is 251 g/mol. The third kappa shape index (κ3) is 2.33. The van der Waals surface area contributed by atoms with Crippen molar-refractivity contribution in [1.82, 2.24) is 0 Å². The summed E-state index contributed by atoms with van der Waals surface area (Å²) in [5.74, 6) is 0.586. The molecule has 0 saturated carbocycles. The van der Waals surface area contributed by atoms with Gasteiger partial charge in [-0.3, -0.25) is 0 Å². The summed E-state index contributed by atoms with van der Waals surface area (Å²) in [6.45, 7) is 0.546. The molecule has 4 nitrogen and oxygen atoms in total. The first kappa shape index (κ1) is 11.5. The number of phenols is 1. The SMILES string of the molecule is NC1=NCC2=CC(c3ccc(O)cc3)=CC=CC2=N1. The summed E-state index contributed by atoms with van der Waals surface area (Å²) in [6, 6.07) is 7.12. The molecule has 0 atom stereocenters. The number of aliphatic imine (C=N–C) groups is 2. The van der Waals surface area contributed by atoms with Crippen molar-refractivity contribution in [2.45, 2.75) is 0 Å². The van der Waals surface area contributed by atoms with Crippen molar-refractivity contribution in [1.29, 1.82) is 0 Å². The minimum Gasteiger partial charge on any atom is -0.508 e. The van der Waals surface area contributed by atoms with E-state index in [0.29, 0.717) is 12.5 Å². The summed E-state index contributed by atoms with van der Waals surface area (Å²) < 4.78 is 0. The fraction of sp³-hybridized carbons (Fsp3) is 0.0667. The maximum Gasteiger partial charge on any atom is 0.216 e. The fourth-order valence-electron chi connectivity index (χ4n) is 2.05. The lowest BCUT2D eigenvalue weighted by atomic mass is 10.0. The summed E-state index contributed by atoms with van der Waals surface area (Å²) >= 11 is 0. The first-order valence-corrected chi connectivity index (χ1v) is 6.00. The van der Waals surface area contributed by atoms with Crippen LogP contribution in [0.15, 0.2) is 64.1 Å². The molecule has 0 radical (unpaired) electrons. The van der Waals surface area contributed by atoms with E-state index in [1.54, 1.807) is 12.1 Å². The number of rotatable bonds is 1. The summed E-state index contributed by atoms with van der Waals surface area (Å²) in [7, 11) is 0. The Morgan fingerprint density at radius 2 is 1.95 bits per heavy atom. The van der Waals surface area contributed by atoms with Gasteiger partial charge in [0.2, 0.25) is 5.96 Å². The number of benzene rings is 1. The molecular formula is C15H13N3O. The Balaban J connectivity index is 2.00. The van der Waals surface area contributed by atoms with Crippen molar-refractivity contribution >= 4 is 17.2 Å². The van der Waals surface area contributed by atoms with Gasteiger partial charge in [0.15, 0.2) is 0 Å². The van der Waals surface area contributed by atoms with Crippen LogP contribution in [0.5, 0.6) is 5.75 Å². The lowest BCUT2D eigenvalue weighted by Gasteiger charge is -2.10. The normalized spacial score (nSPS) is 17.7. The minimum absolute atomic E-state index is 0.262. The Bertz CT molecular complexity index is 661. The number of hydrogen-bond donors (Lipinski definition) is 2. The van der Waals surface area contributed by atoms with E-state index < -0.39 is 0 Å². The van der Waals surface area contributed by atoms with E-state index in [-0.39, 0.29) is 5.75 Å². The van der Waals surface area contributed by atoms with Crippen molar-refractivity contribution in [2.75, 3.05) is 6.54 Å². The Morgan fingerprint density at radius 1 is 1.16 bits per heavy atom. The summed E-state index contributed by atoms with van der Waals surface area (Å²) in [5.41, 5.74) is 9.62. The minimum atomic E-state index is 0.262. The highest BCUT2D eigenvalue weighted by Crippen LogP contribution is 2.23. The lowest BCUT2D eigenvalue weighted by Crippen LogP contribution is -2.19. The van der Waals surface area contributed by atoms with Gasteiger partial charge in [-0.2, -0.15) is 0 Å². The predicted molar refractivity (Wildman–Crippen MR) is 77.2 cm³/mol. The molecule has 3 rings (SSSR count). The van der Waals surface area contributed by atoms with E-state index in [1.807, 2.05) is 30.4 Å². The number of phenolic OH excluding ortho intramolecular Hbond substituents is 1. The molecule has 1 heterocycles. The highest BCUT2D eigenvalue weighted by Gasteiger charge is 2.13. The smallest absolute Gasteiger partial charge is 0.216 e. The zero-order valence-corrected chi connectivity index (χ0v) is 10.2. The van der Waals surface area contributed by atoms with Crippen LogP contribution in [-0.2, 0) is 0 Å². The number of fused-ring (bicyclic) bond motifs is 1. The van der Waals surface area contributed by atoms with Crippen LogP contribution >= 0.6 is 0 Å². The molecule has 19 heavy (non-hydrogen) atoms. The zero-order valence-electron chi connectivity index (χ0n) is 10.2.